The number of carbonyl (C=O) groups excluding carboxylic acids is 2. The lowest BCUT2D eigenvalue weighted by atomic mass is 10.0. The predicted octanol–water partition coefficient (Wildman–Crippen LogP) is 22.1. The molecule has 0 aliphatic heterocycles. The molecular formula is C70H135NO5. The second kappa shape index (κ2) is 65.9. The van der Waals surface area contributed by atoms with Crippen molar-refractivity contribution in [3.63, 3.8) is 0 Å². The third-order valence-electron chi connectivity index (χ3n) is 16.2. The number of unbranched alkanes of at least 4 members (excludes halogenated alkanes) is 52. The van der Waals surface area contributed by atoms with Gasteiger partial charge in [0, 0.05) is 12.8 Å². The Kier molecular flexibility index (Phi) is 64.4. The lowest BCUT2D eigenvalue weighted by Crippen LogP contribution is -2.45. The van der Waals surface area contributed by atoms with Gasteiger partial charge in [0.15, 0.2) is 0 Å². The fraction of sp³-hybridized carbons (Fsp3) is 0.914. The molecular weight excluding hydrogens is 935 g/mol. The number of rotatable bonds is 65. The summed E-state index contributed by atoms with van der Waals surface area (Å²) in [6, 6.07) is -0.625. The molecule has 0 aromatic rings. The van der Waals surface area contributed by atoms with Gasteiger partial charge in [-0.25, -0.2) is 0 Å². The molecule has 0 saturated carbocycles. The van der Waals surface area contributed by atoms with Crippen molar-refractivity contribution < 1.29 is 24.5 Å². The number of ether oxygens (including phenoxy) is 1. The molecule has 3 N–H and O–H groups in total. The Morgan fingerprint density at radius 2 is 0.618 bits per heavy atom. The SMILES string of the molecule is CCCCC/C=C\CCCCCCCC(=O)OCCCCCCCCCCCCCCCCCCCCCCCCCCCCCCCCC(=O)NC(CO)C(O)/C=C/CCCCCCCCCCCCCCCCC. The van der Waals surface area contributed by atoms with Crippen LogP contribution in [-0.2, 0) is 14.3 Å². The highest BCUT2D eigenvalue weighted by molar-refractivity contribution is 5.76. The Morgan fingerprint density at radius 1 is 0.355 bits per heavy atom. The number of aliphatic hydroxyl groups excluding tert-OH is 2. The Balaban J connectivity index is 3.35. The van der Waals surface area contributed by atoms with E-state index >= 15 is 0 Å². The highest BCUT2D eigenvalue weighted by atomic mass is 16.5. The summed E-state index contributed by atoms with van der Waals surface area (Å²) < 4.78 is 5.48. The molecule has 0 rings (SSSR count). The standard InChI is InChI=1S/C70H135NO5/c1-3-5-7-9-11-13-15-17-18-33-36-39-42-46-50-54-58-62-68(73)67(66-72)71-69(74)63-59-55-51-47-43-40-37-34-31-29-27-25-23-21-19-20-22-24-26-28-30-32-35-38-41-45-49-53-57-61-65-76-70(75)64-60-56-52-48-44-16-14-12-10-8-6-4-2/h12,14,58,62,67-68,72-73H,3-11,13,15-57,59-61,63-66H2,1-2H3,(H,71,74)/b14-12-,62-58+. The molecule has 6 nitrogen and oxygen atoms in total. The highest BCUT2D eigenvalue weighted by Crippen LogP contribution is 2.19. The van der Waals surface area contributed by atoms with Crippen LogP contribution in [0.3, 0.4) is 0 Å². The van der Waals surface area contributed by atoms with E-state index in [1.54, 1.807) is 6.08 Å². The quantitative estimate of drug-likeness (QED) is 0.0320. The Hall–Kier alpha value is -1.66. The number of hydrogen-bond acceptors (Lipinski definition) is 5. The van der Waals surface area contributed by atoms with Gasteiger partial charge in [0.1, 0.15) is 0 Å². The van der Waals surface area contributed by atoms with Gasteiger partial charge in [-0.2, -0.15) is 0 Å². The molecule has 0 aromatic heterocycles. The second-order valence-electron chi connectivity index (χ2n) is 23.9. The van der Waals surface area contributed by atoms with E-state index in [2.05, 4.69) is 31.3 Å². The summed E-state index contributed by atoms with van der Waals surface area (Å²) in [6.07, 6.45) is 82.6. The number of nitrogens with one attached hydrogen (secondary N) is 1. The van der Waals surface area contributed by atoms with Gasteiger partial charge in [-0.15, -0.1) is 0 Å². The zero-order valence-corrected chi connectivity index (χ0v) is 51.5. The topological polar surface area (TPSA) is 95.9 Å². The molecule has 2 atom stereocenters. The van der Waals surface area contributed by atoms with Gasteiger partial charge in [-0.3, -0.25) is 9.59 Å². The zero-order valence-electron chi connectivity index (χ0n) is 51.5. The Morgan fingerprint density at radius 3 is 0.961 bits per heavy atom. The molecule has 1 amide bonds. The number of esters is 1. The van der Waals surface area contributed by atoms with E-state index in [1.165, 1.54) is 315 Å². The largest absolute Gasteiger partial charge is 0.466 e. The van der Waals surface area contributed by atoms with Crippen molar-refractivity contribution in [3.8, 4) is 0 Å². The average molecular weight is 1070 g/mol. The number of allylic oxidation sites excluding steroid dienone is 3. The maximum Gasteiger partial charge on any atom is 0.305 e. The van der Waals surface area contributed by atoms with Crippen molar-refractivity contribution >= 4 is 11.9 Å². The third-order valence-corrected chi connectivity index (χ3v) is 16.2. The first-order valence-electron chi connectivity index (χ1n) is 34.6. The number of carbonyl (C=O) groups is 2. The molecule has 2 unspecified atom stereocenters. The van der Waals surface area contributed by atoms with Crippen molar-refractivity contribution in [2.75, 3.05) is 13.2 Å². The van der Waals surface area contributed by atoms with E-state index < -0.39 is 12.1 Å². The molecule has 0 saturated heterocycles. The summed E-state index contributed by atoms with van der Waals surface area (Å²) in [5, 5.41) is 23.2. The van der Waals surface area contributed by atoms with Crippen molar-refractivity contribution in [1.29, 1.82) is 0 Å². The van der Waals surface area contributed by atoms with E-state index in [1.807, 2.05) is 6.08 Å². The van der Waals surface area contributed by atoms with Crippen LogP contribution in [-0.4, -0.2) is 47.4 Å². The van der Waals surface area contributed by atoms with Gasteiger partial charge < -0.3 is 20.3 Å². The van der Waals surface area contributed by atoms with Gasteiger partial charge in [-0.05, 0) is 57.8 Å². The van der Waals surface area contributed by atoms with Crippen molar-refractivity contribution in [2.45, 2.75) is 398 Å². The lowest BCUT2D eigenvalue weighted by molar-refractivity contribution is -0.143. The molecule has 0 bridgehead atoms. The van der Waals surface area contributed by atoms with Crippen LogP contribution in [0.1, 0.15) is 386 Å². The second-order valence-corrected chi connectivity index (χ2v) is 23.9. The maximum atomic E-state index is 12.5. The lowest BCUT2D eigenvalue weighted by Gasteiger charge is -2.20. The van der Waals surface area contributed by atoms with Crippen LogP contribution in [0.5, 0.6) is 0 Å². The van der Waals surface area contributed by atoms with Crippen LogP contribution in [0.15, 0.2) is 24.3 Å². The molecule has 0 heterocycles. The van der Waals surface area contributed by atoms with Crippen LogP contribution in [0, 0.1) is 0 Å². The summed E-state index contributed by atoms with van der Waals surface area (Å²) in [5.41, 5.74) is 0. The zero-order chi connectivity index (χ0) is 55.0. The Labute approximate surface area is 475 Å². The molecule has 0 radical (unpaired) electrons. The summed E-state index contributed by atoms with van der Waals surface area (Å²) in [6.45, 7) is 4.91. The van der Waals surface area contributed by atoms with Crippen LogP contribution in [0.2, 0.25) is 0 Å². The summed E-state index contributed by atoms with van der Waals surface area (Å²) in [7, 11) is 0. The van der Waals surface area contributed by atoms with Gasteiger partial charge in [0.2, 0.25) is 5.91 Å². The molecule has 0 aromatic carbocycles. The molecule has 0 fully saturated rings. The average Bonchev–Trinajstić information content (AvgIpc) is 3.42. The Bertz CT molecular complexity index is 1190. The summed E-state index contributed by atoms with van der Waals surface area (Å²) >= 11 is 0. The normalized spacial score (nSPS) is 12.6. The molecule has 0 aliphatic carbocycles. The molecule has 0 aliphatic rings. The predicted molar refractivity (Wildman–Crippen MR) is 333 cm³/mol. The van der Waals surface area contributed by atoms with Gasteiger partial charge >= 0.3 is 5.97 Å². The fourth-order valence-electron chi connectivity index (χ4n) is 10.9. The van der Waals surface area contributed by atoms with Gasteiger partial charge in [0.05, 0.1) is 25.4 Å². The molecule has 0 spiro atoms. The number of amides is 1. The van der Waals surface area contributed by atoms with Gasteiger partial charge in [0.25, 0.3) is 0 Å². The molecule has 450 valence electrons. The first-order valence-corrected chi connectivity index (χ1v) is 34.6. The van der Waals surface area contributed by atoms with Gasteiger partial charge in [-0.1, -0.05) is 340 Å². The van der Waals surface area contributed by atoms with E-state index in [9.17, 15) is 19.8 Å². The fourth-order valence-corrected chi connectivity index (χ4v) is 10.9. The maximum absolute atomic E-state index is 12.5. The van der Waals surface area contributed by atoms with E-state index in [4.69, 9.17) is 4.74 Å². The third kappa shape index (κ3) is 61.6. The monoisotopic (exact) mass is 1070 g/mol. The first kappa shape index (κ1) is 74.3. The highest BCUT2D eigenvalue weighted by Gasteiger charge is 2.18. The van der Waals surface area contributed by atoms with Crippen LogP contribution in [0.4, 0.5) is 0 Å². The summed E-state index contributed by atoms with van der Waals surface area (Å²) in [5.74, 6) is -0.0509. The van der Waals surface area contributed by atoms with E-state index in [-0.39, 0.29) is 18.5 Å². The first-order chi connectivity index (χ1) is 37.5. The van der Waals surface area contributed by atoms with Crippen LogP contribution in [0.25, 0.3) is 0 Å². The minimum Gasteiger partial charge on any atom is -0.466 e. The van der Waals surface area contributed by atoms with Crippen molar-refractivity contribution in [3.05, 3.63) is 24.3 Å². The molecule has 6 heteroatoms. The van der Waals surface area contributed by atoms with E-state index in [0.717, 1.165) is 44.9 Å². The summed E-state index contributed by atoms with van der Waals surface area (Å²) in [4.78, 5) is 24.5. The molecule has 76 heavy (non-hydrogen) atoms. The van der Waals surface area contributed by atoms with Crippen LogP contribution < -0.4 is 5.32 Å². The minimum atomic E-state index is -0.841. The smallest absolute Gasteiger partial charge is 0.305 e. The number of aliphatic hydroxyl groups is 2. The van der Waals surface area contributed by atoms with E-state index in [0.29, 0.717) is 19.4 Å². The van der Waals surface area contributed by atoms with Crippen molar-refractivity contribution in [1.82, 2.24) is 5.32 Å². The minimum absolute atomic E-state index is 0.0101. The van der Waals surface area contributed by atoms with Crippen molar-refractivity contribution in [2.24, 2.45) is 0 Å². The number of hydrogen-bond donors (Lipinski definition) is 3. The van der Waals surface area contributed by atoms with Crippen LogP contribution >= 0.6 is 0 Å².